The fourth-order valence-corrected chi connectivity index (χ4v) is 2.04. The summed E-state index contributed by atoms with van der Waals surface area (Å²) in [5, 5.41) is 0. The van der Waals surface area contributed by atoms with Crippen LogP contribution in [0.3, 0.4) is 0 Å². The standard InChI is InChI=1S/C13H17NO3/c1-16-10-4-5-12(14)11(7-10)13(15)9-3-2-6-17-8-9/h4-5,7,9H,2-3,6,8,14H2,1H3. The highest BCUT2D eigenvalue weighted by atomic mass is 16.5. The fourth-order valence-electron chi connectivity index (χ4n) is 2.04. The fraction of sp³-hybridized carbons (Fsp3) is 0.462. The lowest BCUT2D eigenvalue weighted by molar-refractivity contribution is 0.0462. The third-order valence-electron chi connectivity index (χ3n) is 3.06. The van der Waals surface area contributed by atoms with E-state index in [1.807, 2.05) is 0 Å². The molecule has 1 fully saturated rings. The monoisotopic (exact) mass is 235 g/mol. The molecule has 17 heavy (non-hydrogen) atoms. The minimum Gasteiger partial charge on any atom is -0.497 e. The summed E-state index contributed by atoms with van der Waals surface area (Å²) in [6.07, 6.45) is 1.80. The van der Waals surface area contributed by atoms with E-state index in [-0.39, 0.29) is 11.7 Å². The molecule has 4 heteroatoms. The molecule has 4 nitrogen and oxygen atoms in total. The van der Waals surface area contributed by atoms with Crippen LogP contribution in [0.25, 0.3) is 0 Å². The molecule has 0 aromatic heterocycles. The first-order valence-electron chi connectivity index (χ1n) is 5.78. The van der Waals surface area contributed by atoms with Gasteiger partial charge in [0.1, 0.15) is 5.75 Å². The largest absolute Gasteiger partial charge is 0.497 e. The number of ketones is 1. The molecule has 1 aromatic carbocycles. The molecule has 92 valence electrons. The maximum Gasteiger partial charge on any atom is 0.170 e. The second kappa shape index (κ2) is 5.19. The van der Waals surface area contributed by atoms with Gasteiger partial charge in [-0.2, -0.15) is 0 Å². The quantitative estimate of drug-likeness (QED) is 0.642. The molecular formula is C13H17NO3. The van der Waals surface area contributed by atoms with Gasteiger partial charge in [-0.25, -0.2) is 0 Å². The van der Waals surface area contributed by atoms with Crippen molar-refractivity contribution in [3.63, 3.8) is 0 Å². The number of hydrogen-bond acceptors (Lipinski definition) is 4. The number of carbonyl (C=O) groups is 1. The van der Waals surface area contributed by atoms with Crippen molar-refractivity contribution >= 4 is 11.5 Å². The van der Waals surface area contributed by atoms with E-state index >= 15 is 0 Å². The van der Waals surface area contributed by atoms with Crippen molar-refractivity contribution in [3.05, 3.63) is 23.8 Å². The van der Waals surface area contributed by atoms with Crippen molar-refractivity contribution in [1.29, 1.82) is 0 Å². The van der Waals surface area contributed by atoms with Gasteiger partial charge >= 0.3 is 0 Å². The number of anilines is 1. The lowest BCUT2D eigenvalue weighted by Gasteiger charge is -2.21. The second-order valence-electron chi connectivity index (χ2n) is 4.23. The molecule has 1 unspecified atom stereocenters. The molecule has 1 saturated heterocycles. The van der Waals surface area contributed by atoms with Gasteiger partial charge in [-0.3, -0.25) is 4.79 Å². The summed E-state index contributed by atoms with van der Waals surface area (Å²) < 4.78 is 10.4. The zero-order chi connectivity index (χ0) is 12.3. The molecule has 1 aromatic rings. The first-order chi connectivity index (χ1) is 8.22. The molecule has 1 aliphatic rings. The van der Waals surface area contributed by atoms with Crippen molar-refractivity contribution < 1.29 is 14.3 Å². The van der Waals surface area contributed by atoms with Crippen molar-refractivity contribution in [2.45, 2.75) is 12.8 Å². The number of nitrogens with two attached hydrogens (primary N) is 1. The van der Waals surface area contributed by atoms with Crippen LogP contribution in [-0.2, 0) is 4.74 Å². The molecule has 2 N–H and O–H groups in total. The maximum absolute atomic E-state index is 12.3. The Morgan fingerprint density at radius 3 is 3.00 bits per heavy atom. The van der Waals surface area contributed by atoms with Gasteiger partial charge in [0.2, 0.25) is 0 Å². The van der Waals surface area contributed by atoms with Crippen LogP contribution in [-0.4, -0.2) is 26.1 Å². The zero-order valence-corrected chi connectivity index (χ0v) is 9.94. The molecule has 0 aliphatic carbocycles. The molecule has 2 rings (SSSR count). The number of carbonyl (C=O) groups excluding carboxylic acids is 1. The highest BCUT2D eigenvalue weighted by Gasteiger charge is 2.24. The Labute approximate surface area is 101 Å². The van der Waals surface area contributed by atoms with E-state index in [4.69, 9.17) is 15.2 Å². The Balaban J connectivity index is 2.22. The smallest absolute Gasteiger partial charge is 0.170 e. The van der Waals surface area contributed by atoms with Gasteiger partial charge in [-0.15, -0.1) is 0 Å². The summed E-state index contributed by atoms with van der Waals surface area (Å²) in [7, 11) is 1.57. The number of hydrogen-bond donors (Lipinski definition) is 1. The molecule has 0 saturated carbocycles. The van der Waals surface area contributed by atoms with Crippen LogP contribution in [0.1, 0.15) is 23.2 Å². The predicted molar refractivity (Wildman–Crippen MR) is 65.3 cm³/mol. The normalized spacial score (nSPS) is 19.9. The molecule has 0 bridgehead atoms. The summed E-state index contributed by atoms with van der Waals surface area (Å²) in [6, 6.07) is 5.16. The van der Waals surface area contributed by atoms with Crippen LogP contribution in [0.15, 0.2) is 18.2 Å². The first kappa shape index (κ1) is 11.9. The van der Waals surface area contributed by atoms with E-state index < -0.39 is 0 Å². The molecule has 0 amide bonds. The molecule has 0 radical (unpaired) electrons. The summed E-state index contributed by atoms with van der Waals surface area (Å²) in [5.74, 6) is 0.638. The van der Waals surface area contributed by atoms with E-state index in [0.29, 0.717) is 23.6 Å². The summed E-state index contributed by atoms with van der Waals surface area (Å²) >= 11 is 0. The van der Waals surface area contributed by atoms with Gasteiger partial charge < -0.3 is 15.2 Å². The van der Waals surface area contributed by atoms with Crippen molar-refractivity contribution in [2.24, 2.45) is 5.92 Å². The van der Waals surface area contributed by atoms with Crippen LogP contribution >= 0.6 is 0 Å². The first-order valence-corrected chi connectivity index (χ1v) is 5.78. The number of rotatable bonds is 3. The van der Waals surface area contributed by atoms with Crippen LogP contribution in [0.5, 0.6) is 5.75 Å². The highest BCUT2D eigenvalue weighted by molar-refractivity contribution is 6.02. The Hall–Kier alpha value is -1.55. The van der Waals surface area contributed by atoms with Gasteiger partial charge in [-0.1, -0.05) is 0 Å². The van der Waals surface area contributed by atoms with Gasteiger partial charge in [-0.05, 0) is 31.0 Å². The van der Waals surface area contributed by atoms with Gasteiger partial charge in [0.05, 0.1) is 13.7 Å². The zero-order valence-electron chi connectivity index (χ0n) is 9.94. The Bertz CT molecular complexity index is 411. The third kappa shape index (κ3) is 2.58. The third-order valence-corrected chi connectivity index (χ3v) is 3.06. The summed E-state index contributed by atoms with van der Waals surface area (Å²) in [6.45, 7) is 1.24. The Morgan fingerprint density at radius 2 is 2.35 bits per heavy atom. The van der Waals surface area contributed by atoms with Crippen LogP contribution in [0, 0.1) is 5.92 Å². The van der Waals surface area contributed by atoms with Crippen LogP contribution in [0.2, 0.25) is 0 Å². The lowest BCUT2D eigenvalue weighted by Crippen LogP contribution is -2.26. The lowest BCUT2D eigenvalue weighted by atomic mass is 9.92. The number of nitrogen functional groups attached to an aromatic ring is 1. The Kier molecular flexibility index (Phi) is 3.64. The average Bonchev–Trinajstić information content (AvgIpc) is 2.39. The molecular weight excluding hydrogens is 218 g/mol. The minimum absolute atomic E-state index is 0.0566. The van der Waals surface area contributed by atoms with Crippen molar-refractivity contribution in [3.8, 4) is 5.75 Å². The average molecular weight is 235 g/mol. The van der Waals surface area contributed by atoms with Crippen molar-refractivity contribution in [1.82, 2.24) is 0 Å². The molecule has 0 spiro atoms. The van der Waals surface area contributed by atoms with E-state index in [0.717, 1.165) is 19.4 Å². The van der Waals surface area contributed by atoms with Gasteiger partial charge in [0.15, 0.2) is 5.78 Å². The maximum atomic E-state index is 12.3. The molecule has 1 heterocycles. The van der Waals surface area contributed by atoms with Gasteiger partial charge in [0.25, 0.3) is 0 Å². The topological polar surface area (TPSA) is 61.5 Å². The van der Waals surface area contributed by atoms with Gasteiger partial charge in [0, 0.05) is 23.8 Å². The van der Waals surface area contributed by atoms with E-state index in [1.54, 1.807) is 25.3 Å². The number of benzene rings is 1. The van der Waals surface area contributed by atoms with E-state index in [9.17, 15) is 4.79 Å². The summed E-state index contributed by atoms with van der Waals surface area (Å²) in [4.78, 5) is 12.3. The minimum atomic E-state index is -0.0712. The van der Waals surface area contributed by atoms with Crippen LogP contribution in [0.4, 0.5) is 5.69 Å². The van der Waals surface area contributed by atoms with Crippen molar-refractivity contribution in [2.75, 3.05) is 26.1 Å². The predicted octanol–water partition coefficient (Wildman–Crippen LogP) is 1.89. The highest BCUT2D eigenvalue weighted by Crippen LogP contribution is 2.25. The SMILES string of the molecule is COc1ccc(N)c(C(=O)C2CCCOC2)c1. The summed E-state index contributed by atoms with van der Waals surface area (Å²) in [5.41, 5.74) is 6.88. The second-order valence-corrected chi connectivity index (χ2v) is 4.23. The Morgan fingerprint density at radius 1 is 1.53 bits per heavy atom. The number of methoxy groups -OCH3 is 1. The van der Waals surface area contributed by atoms with E-state index in [1.165, 1.54) is 0 Å². The number of Topliss-reactive ketones (excluding diaryl/α,β-unsaturated/α-hetero) is 1. The molecule has 1 aliphatic heterocycles. The van der Waals surface area contributed by atoms with E-state index in [2.05, 4.69) is 0 Å². The number of ether oxygens (including phenoxy) is 2. The van der Waals surface area contributed by atoms with Crippen LogP contribution < -0.4 is 10.5 Å². The molecule has 1 atom stereocenters.